The Morgan fingerprint density at radius 1 is 1.18 bits per heavy atom. The molecule has 0 spiro atoms. The van der Waals surface area contributed by atoms with Crippen LogP contribution in [-0.4, -0.2) is 33.5 Å². The van der Waals surface area contributed by atoms with Gasteiger partial charge in [-0.3, -0.25) is 14.8 Å². The highest BCUT2D eigenvalue weighted by molar-refractivity contribution is 7.99. The molecule has 0 fully saturated rings. The van der Waals surface area contributed by atoms with E-state index in [1.54, 1.807) is 7.11 Å². The van der Waals surface area contributed by atoms with Gasteiger partial charge in [0.05, 0.1) is 18.9 Å². The molecule has 0 radical (unpaired) electrons. The highest BCUT2D eigenvalue weighted by Gasteiger charge is 2.20. The van der Waals surface area contributed by atoms with E-state index in [0.29, 0.717) is 5.16 Å². The molecule has 0 aliphatic heterocycles. The van der Waals surface area contributed by atoms with Crippen LogP contribution in [0, 0.1) is 0 Å². The number of hydrogen-bond acceptors (Lipinski definition) is 7. The molecule has 4 N–H and O–H groups in total. The molecule has 3 rings (SSSR count). The Balaban J connectivity index is 1.88. The van der Waals surface area contributed by atoms with Crippen LogP contribution < -0.4 is 21.3 Å². The summed E-state index contributed by atoms with van der Waals surface area (Å²) in [7, 11) is 1.64. The summed E-state index contributed by atoms with van der Waals surface area (Å²) in [5.41, 5.74) is 3.98. The van der Waals surface area contributed by atoms with Crippen LogP contribution in [0.3, 0.4) is 0 Å². The van der Waals surface area contributed by atoms with Crippen molar-refractivity contribution in [1.82, 2.24) is 20.2 Å². The third-order valence-corrected chi connectivity index (χ3v) is 4.96. The lowest BCUT2D eigenvalue weighted by molar-refractivity contribution is -0.118. The van der Waals surface area contributed by atoms with Gasteiger partial charge in [-0.05, 0) is 43.3 Å². The van der Waals surface area contributed by atoms with Crippen molar-refractivity contribution in [3.05, 3.63) is 60.4 Å². The maximum atomic E-state index is 11.5. The van der Waals surface area contributed by atoms with E-state index in [-0.39, 0.29) is 17.7 Å². The predicted octanol–water partition coefficient (Wildman–Crippen LogP) is 2.53. The standard InChI is InChI=1S/C19H22N6O2S/c1-13(21-14-8-10-16(27-2)11-9-14)18-23-24-19(28-12-17(26)22-20)25(18)15-6-4-3-5-7-15/h3-11,13,21H,12,20H2,1-2H3,(H,22,26). The third-order valence-electron chi connectivity index (χ3n) is 4.03. The number of carbonyl (C=O) groups is 1. The monoisotopic (exact) mass is 398 g/mol. The molecule has 1 amide bonds. The van der Waals surface area contributed by atoms with E-state index in [1.165, 1.54) is 11.8 Å². The van der Waals surface area contributed by atoms with Gasteiger partial charge in [-0.25, -0.2) is 5.84 Å². The van der Waals surface area contributed by atoms with Gasteiger partial charge in [0.25, 0.3) is 0 Å². The smallest absolute Gasteiger partial charge is 0.244 e. The third kappa shape index (κ3) is 4.62. The number of ether oxygens (including phenoxy) is 1. The van der Waals surface area contributed by atoms with Crippen LogP contribution in [-0.2, 0) is 4.79 Å². The molecule has 1 heterocycles. The minimum Gasteiger partial charge on any atom is -0.497 e. The number of rotatable bonds is 8. The fraction of sp³-hybridized carbons (Fsp3) is 0.211. The van der Waals surface area contributed by atoms with Crippen molar-refractivity contribution in [2.24, 2.45) is 5.84 Å². The summed E-state index contributed by atoms with van der Waals surface area (Å²) in [6.45, 7) is 2.01. The first-order valence-electron chi connectivity index (χ1n) is 8.66. The number of methoxy groups -OCH3 is 1. The summed E-state index contributed by atoms with van der Waals surface area (Å²) in [5, 5.41) is 12.7. The Labute approximate surface area is 167 Å². The summed E-state index contributed by atoms with van der Waals surface area (Å²) in [6, 6.07) is 17.3. The van der Waals surface area contributed by atoms with Gasteiger partial charge in [-0.15, -0.1) is 10.2 Å². The zero-order valence-corrected chi connectivity index (χ0v) is 16.4. The summed E-state index contributed by atoms with van der Waals surface area (Å²) >= 11 is 1.28. The SMILES string of the molecule is COc1ccc(NC(C)c2nnc(SCC(=O)NN)n2-c2ccccc2)cc1. The minimum absolute atomic E-state index is 0.126. The van der Waals surface area contributed by atoms with Crippen molar-refractivity contribution < 1.29 is 9.53 Å². The lowest BCUT2D eigenvalue weighted by atomic mass is 10.2. The van der Waals surface area contributed by atoms with Crippen LogP contribution in [0.2, 0.25) is 0 Å². The number of aromatic nitrogens is 3. The van der Waals surface area contributed by atoms with E-state index in [2.05, 4.69) is 20.9 Å². The molecule has 9 heteroatoms. The largest absolute Gasteiger partial charge is 0.497 e. The summed E-state index contributed by atoms with van der Waals surface area (Å²) < 4.78 is 7.14. The van der Waals surface area contributed by atoms with Gasteiger partial charge in [-0.1, -0.05) is 30.0 Å². The van der Waals surface area contributed by atoms with Crippen LogP contribution >= 0.6 is 11.8 Å². The van der Waals surface area contributed by atoms with Crippen LogP contribution in [0.25, 0.3) is 5.69 Å². The van der Waals surface area contributed by atoms with E-state index in [1.807, 2.05) is 66.1 Å². The highest BCUT2D eigenvalue weighted by atomic mass is 32.2. The fourth-order valence-corrected chi connectivity index (χ4v) is 3.42. The first kappa shape index (κ1) is 19.7. The van der Waals surface area contributed by atoms with E-state index in [9.17, 15) is 4.79 Å². The van der Waals surface area contributed by atoms with Crippen molar-refractivity contribution in [2.75, 3.05) is 18.2 Å². The quantitative estimate of drug-likeness (QED) is 0.232. The van der Waals surface area contributed by atoms with Gasteiger partial charge in [-0.2, -0.15) is 0 Å². The van der Waals surface area contributed by atoms with Crippen LogP contribution in [0.15, 0.2) is 59.8 Å². The topological polar surface area (TPSA) is 107 Å². The Morgan fingerprint density at radius 2 is 1.89 bits per heavy atom. The Morgan fingerprint density at radius 3 is 2.54 bits per heavy atom. The minimum atomic E-state index is -0.279. The first-order valence-corrected chi connectivity index (χ1v) is 9.64. The molecule has 1 atom stereocenters. The molecule has 0 saturated carbocycles. The second-order valence-electron chi connectivity index (χ2n) is 5.96. The Bertz CT molecular complexity index is 914. The average molecular weight is 398 g/mol. The molecule has 0 aliphatic rings. The zero-order valence-electron chi connectivity index (χ0n) is 15.6. The zero-order chi connectivity index (χ0) is 19.9. The predicted molar refractivity (Wildman–Crippen MR) is 109 cm³/mol. The van der Waals surface area contributed by atoms with Crippen LogP contribution in [0.1, 0.15) is 18.8 Å². The maximum absolute atomic E-state index is 11.5. The number of nitrogens with zero attached hydrogens (tertiary/aromatic N) is 3. The molecule has 0 bridgehead atoms. The average Bonchev–Trinajstić information content (AvgIpc) is 3.17. The van der Waals surface area contributed by atoms with Crippen LogP contribution in [0.4, 0.5) is 5.69 Å². The van der Waals surface area contributed by atoms with Gasteiger partial charge < -0.3 is 10.1 Å². The van der Waals surface area contributed by atoms with Gasteiger partial charge in [0.15, 0.2) is 11.0 Å². The maximum Gasteiger partial charge on any atom is 0.244 e. The van der Waals surface area contributed by atoms with Crippen LogP contribution in [0.5, 0.6) is 5.75 Å². The van der Waals surface area contributed by atoms with Crippen molar-refractivity contribution in [1.29, 1.82) is 0 Å². The number of nitrogens with two attached hydrogens (primary N) is 1. The van der Waals surface area contributed by atoms with Gasteiger partial charge in [0.1, 0.15) is 5.75 Å². The molecule has 3 aromatic rings. The number of thioether (sulfide) groups is 1. The number of carbonyl (C=O) groups excluding carboxylic acids is 1. The second kappa shape index (κ2) is 9.25. The van der Waals surface area contributed by atoms with Crippen molar-refractivity contribution in [3.63, 3.8) is 0 Å². The lowest BCUT2D eigenvalue weighted by Crippen LogP contribution is -2.31. The first-order chi connectivity index (χ1) is 13.6. The highest BCUT2D eigenvalue weighted by Crippen LogP contribution is 2.27. The normalized spacial score (nSPS) is 11.7. The summed E-state index contributed by atoms with van der Waals surface area (Å²) in [5.74, 6) is 6.57. The number of hydrazine groups is 1. The molecular formula is C19H22N6O2S. The lowest BCUT2D eigenvalue weighted by Gasteiger charge is -2.17. The van der Waals surface area contributed by atoms with E-state index < -0.39 is 0 Å². The second-order valence-corrected chi connectivity index (χ2v) is 6.90. The number of amides is 1. The molecule has 146 valence electrons. The van der Waals surface area contributed by atoms with Gasteiger partial charge >= 0.3 is 0 Å². The molecule has 8 nitrogen and oxygen atoms in total. The van der Waals surface area contributed by atoms with Gasteiger partial charge in [0, 0.05) is 11.4 Å². The molecule has 2 aromatic carbocycles. The molecule has 1 aromatic heterocycles. The fourth-order valence-electron chi connectivity index (χ4n) is 2.65. The molecule has 0 aliphatic carbocycles. The summed E-state index contributed by atoms with van der Waals surface area (Å²) in [4.78, 5) is 11.5. The van der Waals surface area contributed by atoms with E-state index in [4.69, 9.17) is 10.6 Å². The van der Waals surface area contributed by atoms with Crippen molar-refractivity contribution in [3.8, 4) is 11.4 Å². The van der Waals surface area contributed by atoms with Gasteiger partial charge in [0.2, 0.25) is 5.91 Å². The Kier molecular flexibility index (Phi) is 6.51. The molecule has 28 heavy (non-hydrogen) atoms. The molecule has 1 unspecified atom stereocenters. The number of para-hydroxylation sites is 1. The van der Waals surface area contributed by atoms with E-state index >= 15 is 0 Å². The van der Waals surface area contributed by atoms with Crippen molar-refractivity contribution >= 4 is 23.4 Å². The van der Waals surface area contributed by atoms with Crippen molar-refractivity contribution in [2.45, 2.75) is 18.1 Å². The number of benzene rings is 2. The van der Waals surface area contributed by atoms with E-state index in [0.717, 1.165) is 22.9 Å². The number of anilines is 1. The number of hydrogen-bond donors (Lipinski definition) is 3. The Hall–Kier alpha value is -3.04. The molecular weight excluding hydrogens is 376 g/mol. The summed E-state index contributed by atoms with van der Waals surface area (Å²) in [6.07, 6.45) is 0. The molecule has 0 saturated heterocycles. The number of nitrogens with one attached hydrogen (secondary N) is 2.